The molecule has 0 aromatic heterocycles. The lowest BCUT2D eigenvalue weighted by Gasteiger charge is -2.24. The lowest BCUT2D eigenvalue weighted by molar-refractivity contribution is -0.114. The number of nitrogens with zero attached hydrogens (tertiary/aromatic N) is 1. The maximum atomic E-state index is 12.8. The van der Waals surface area contributed by atoms with Gasteiger partial charge in [-0.1, -0.05) is 42.5 Å². The second kappa shape index (κ2) is 7.19. The van der Waals surface area contributed by atoms with Gasteiger partial charge in [0.2, 0.25) is 15.9 Å². The van der Waals surface area contributed by atoms with Crippen molar-refractivity contribution in [2.75, 3.05) is 22.4 Å². The van der Waals surface area contributed by atoms with Crippen LogP contribution in [0.15, 0.2) is 48.5 Å². The van der Waals surface area contributed by atoms with Crippen LogP contribution >= 0.6 is 0 Å². The Morgan fingerprint density at radius 2 is 1.59 bits per heavy atom. The van der Waals surface area contributed by atoms with E-state index in [1.54, 1.807) is 0 Å². The molecule has 0 unspecified atom stereocenters. The van der Waals surface area contributed by atoms with Crippen molar-refractivity contribution in [2.24, 2.45) is 0 Å². The first kappa shape index (κ1) is 19.5. The summed E-state index contributed by atoms with van der Waals surface area (Å²) in [7, 11) is -3.65. The summed E-state index contributed by atoms with van der Waals surface area (Å²) in [6.07, 6.45) is 3.06. The summed E-state index contributed by atoms with van der Waals surface area (Å²) < 4.78 is 26.5. The van der Waals surface area contributed by atoms with E-state index in [9.17, 15) is 13.2 Å². The van der Waals surface area contributed by atoms with Gasteiger partial charge in [-0.2, -0.15) is 0 Å². The molecule has 150 valence electrons. The Labute approximate surface area is 171 Å². The number of anilines is 2. The first-order valence-corrected chi connectivity index (χ1v) is 11.5. The number of carbonyl (C=O) groups is 1. The van der Waals surface area contributed by atoms with Crippen molar-refractivity contribution in [1.82, 2.24) is 0 Å². The quantitative estimate of drug-likeness (QED) is 0.695. The van der Waals surface area contributed by atoms with Crippen molar-refractivity contribution < 1.29 is 13.2 Å². The van der Waals surface area contributed by atoms with Gasteiger partial charge in [-0.3, -0.25) is 9.10 Å². The highest BCUT2D eigenvalue weighted by Crippen LogP contribution is 2.37. The molecule has 0 fully saturated rings. The Balaban J connectivity index is 1.72. The third-order valence-electron chi connectivity index (χ3n) is 5.56. The van der Waals surface area contributed by atoms with Gasteiger partial charge in [0.15, 0.2) is 0 Å². The first-order chi connectivity index (χ1) is 13.8. The van der Waals surface area contributed by atoms with Crippen LogP contribution in [0.3, 0.4) is 0 Å². The molecule has 0 heterocycles. The zero-order valence-corrected chi connectivity index (χ0v) is 17.6. The highest BCUT2D eigenvalue weighted by molar-refractivity contribution is 7.92. The predicted octanol–water partition coefficient (Wildman–Crippen LogP) is 3.96. The Kier molecular flexibility index (Phi) is 4.82. The molecule has 0 aliphatic heterocycles. The number of sulfonamides is 1. The smallest absolute Gasteiger partial charge is 0.245 e. The van der Waals surface area contributed by atoms with Crippen LogP contribution in [-0.4, -0.2) is 27.1 Å². The molecule has 0 saturated heterocycles. The minimum Gasteiger partial charge on any atom is -0.324 e. The third-order valence-corrected chi connectivity index (χ3v) is 6.68. The number of hydrogen-bond donors (Lipinski definition) is 1. The molecule has 1 N–H and O–H groups in total. The van der Waals surface area contributed by atoms with Crippen LogP contribution in [0.5, 0.6) is 0 Å². The SMILES string of the molecule is Cc1cccc(C)c1NC(=O)CN(c1ccc2c3c(cccc13)CC2)S(C)(=O)=O. The summed E-state index contributed by atoms with van der Waals surface area (Å²) in [5.41, 5.74) is 5.61. The molecule has 29 heavy (non-hydrogen) atoms. The number of hydrogen-bond acceptors (Lipinski definition) is 3. The monoisotopic (exact) mass is 408 g/mol. The highest BCUT2D eigenvalue weighted by Gasteiger charge is 2.25. The van der Waals surface area contributed by atoms with E-state index in [4.69, 9.17) is 0 Å². The van der Waals surface area contributed by atoms with E-state index in [0.717, 1.165) is 46.7 Å². The first-order valence-electron chi connectivity index (χ1n) is 9.63. The lowest BCUT2D eigenvalue weighted by atomic mass is 10.0. The van der Waals surface area contributed by atoms with E-state index < -0.39 is 10.0 Å². The lowest BCUT2D eigenvalue weighted by Crippen LogP contribution is -2.37. The zero-order chi connectivity index (χ0) is 20.8. The number of rotatable bonds is 5. The molecule has 3 aromatic carbocycles. The summed E-state index contributed by atoms with van der Waals surface area (Å²) in [5.74, 6) is -0.365. The molecule has 0 radical (unpaired) electrons. The molecule has 3 aromatic rings. The van der Waals surface area contributed by atoms with E-state index in [1.165, 1.54) is 15.4 Å². The molecule has 4 rings (SSSR count). The number of amides is 1. The van der Waals surface area contributed by atoms with Crippen molar-refractivity contribution in [1.29, 1.82) is 0 Å². The molecule has 6 heteroatoms. The van der Waals surface area contributed by atoms with Crippen molar-refractivity contribution in [3.63, 3.8) is 0 Å². The zero-order valence-electron chi connectivity index (χ0n) is 16.8. The molecule has 0 atom stereocenters. The Morgan fingerprint density at radius 1 is 0.966 bits per heavy atom. The van der Waals surface area contributed by atoms with E-state index in [0.29, 0.717) is 5.69 Å². The van der Waals surface area contributed by atoms with Gasteiger partial charge in [0.25, 0.3) is 0 Å². The third kappa shape index (κ3) is 3.60. The predicted molar refractivity (Wildman–Crippen MR) is 118 cm³/mol. The molecule has 1 amide bonds. The molecule has 0 bridgehead atoms. The van der Waals surface area contributed by atoms with Crippen LogP contribution in [0.25, 0.3) is 10.8 Å². The van der Waals surface area contributed by atoms with Crippen molar-refractivity contribution in [2.45, 2.75) is 26.7 Å². The average Bonchev–Trinajstić information content (AvgIpc) is 3.08. The number of carbonyl (C=O) groups excluding carboxylic acids is 1. The van der Waals surface area contributed by atoms with Crippen LogP contribution < -0.4 is 9.62 Å². The van der Waals surface area contributed by atoms with Crippen molar-refractivity contribution in [3.8, 4) is 0 Å². The van der Waals surface area contributed by atoms with Crippen LogP contribution in [-0.2, 0) is 27.7 Å². The average molecular weight is 409 g/mol. The molecular weight excluding hydrogens is 384 g/mol. The van der Waals surface area contributed by atoms with Gasteiger partial charge in [0, 0.05) is 11.1 Å². The maximum absolute atomic E-state index is 12.8. The molecule has 0 spiro atoms. The fourth-order valence-electron chi connectivity index (χ4n) is 4.15. The number of benzene rings is 3. The topological polar surface area (TPSA) is 66.5 Å². The van der Waals surface area contributed by atoms with E-state index >= 15 is 0 Å². The Morgan fingerprint density at radius 3 is 2.24 bits per heavy atom. The largest absolute Gasteiger partial charge is 0.324 e. The maximum Gasteiger partial charge on any atom is 0.245 e. The van der Waals surface area contributed by atoms with E-state index in [-0.39, 0.29) is 12.5 Å². The summed E-state index contributed by atoms with van der Waals surface area (Å²) in [4.78, 5) is 12.8. The van der Waals surface area contributed by atoms with Gasteiger partial charge in [-0.25, -0.2) is 8.42 Å². The summed E-state index contributed by atoms with van der Waals surface area (Å²) in [5, 5.41) is 4.89. The Bertz CT molecular complexity index is 1200. The van der Waals surface area contributed by atoms with E-state index in [1.807, 2.05) is 56.3 Å². The minimum atomic E-state index is -3.65. The summed E-state index contributed by atoms with van der Waals surface area (Å²) >= 11 is 0. The van der Waals surface area contributed by atoms with Gasteiger partial charge in [0.1, 0.15) is 6.54 Å². The molecule has 1 aliphatic carbocycles. The standard InChI is InChI=1S/C23H24N2O3S/c1-15-6-4-7-16(2)23(15)24-21(26)14-25(29(3,27)28)20-13-12-18-11-10-17-8-5-9-19(20)22(17)18/h4-9,12-13H,10-11,14H2,1-3H3,(H,24,26). The normalized spacial score (nSPS) is 12.9. The van der Waals surface area contributed by atoms with Crippen LogP contribution in [0.2, 0.25) is 0 Å². The van der Waals surface area contributed by atoms with Crippen LogP contribution in [0.1, 0.15) is 22.3 Å². The fraction of sp³-hybridized carbons (Fsp3) is 0.261. The van der Waals surface area contributed by atoms with Crippen LogP contribution in [0, 0.1) is 13.8 Å². The Hall–Kier alpha value is -2.86. The van der Waals surface area contributed by atoms with Crippen molar-refractivity contribution >= 4 is 38.1 Å². The molecule has 0 saturated carbocycles. The van der Waals surface area contributed by atoms with E-state index in [2.05, 4.69) is 11.4 Å². The molecule has 5 nitrogen and oxygen atoms in total. The van der Waals surface area contributed by atoms with Gasteiger partial charge < -0.3 is 5.32 Å². The number of aryl methyl sites for hydroxylation is 4. The summed E-state index contributed by atoms with van der Waals surface area (Å²) in [6.45, 7) is 3.56. The van der Waals surface area contributed by atoms with Gasteiger partial charge in [-0.05, 0) is 60.4 Å². The van der Waals surface area contributed by atoms with Gasteiger partial charge in [-0.15, -0.1) is 0 Å². The minimum absolute atomic E-state index is 0.273. The number of nitrogens with one attached hydrogen (secondary N) is 1. The fourth-order valence-corrected chi connectivity index (χ4v) is 5.02. The second-order valence-corrected chi connectivity index (χ2v) is 9.57. The highest BCUT2D eigenvalue weighted by atomic mass is 32.2. The van der Waals surface area contributed by atoms with Crippen LogP contribution in [0.4, 0.5) is 11.4 Å². The second-order valence-electron chi connectivity index (χ2n) is 7.67. The van der Waals surface area contributed by atoms with Crippen molar-refractivity contribution in [3.05, 3.63) is 70.8 Å². The molecule has 1 aliphatic rings. The number of para-hydroxylation sites is 1. The van der Waals surface area contributed by atoms with Gasteiger partial charge in [0.05, 0.1) is 11.9 Å². The molecular formula is C23H24N2O3S. The van der Waals surface area contributed by atoms with Gasteiger partial charge >= 0.3 is 0 Å². The summed E-state index contributed by atoms with van der Waals surface area (Å²) in [6, 6.07) is 15.5.